The second-order valence-electron chi connectivity index (χ2n) is 24.5. The fourth-order valence-electron chi connectivity index (χ4n) is 10.1. The van der Waals surface area contributed by atoms with E-state index in [9.17, 15) is 39.0 Å². The van der Waals surface area contributed by atoms with Crippen molar-refractivity contribution in [2.24, 2.45) is 61.7 Å². The minimum absolute atomic E-state index is 0. The van der Waals surface area contributed by atoms with Gasteiger partial charge in [0.25, 0.3) is 0 Å². The highest BCUT2D eigenvalue weighted by molar-refractivity contribution is 5.94. The molecule has 0 aromatic heterocycles. The van der Waals surface area contributed by atoms with Crippen molar-refractivity contribution in [1.29, 1.82) is 0 Å². The molecule has 1 aliphatic rings. The fraction of sp³-hybridized carbons (Fsp3) is 0.793. The van der Waals surface area contributed by atoms with E-state index in [0.717, 1.165) is 42.4 Å². The van der Waals surface area contributed by atoms with Crippen molar-refractivity contribution >= 4 is 35.7 Å². The standard InChI is InChI=1S/C34H60N2O6.C16H26O3.C2H8N2.6CH4/c1-23(19-33(9,10)21-31(3,4)5)15-25(17-27(37)38)29(41)35-13-14-36-30(42)26(18-28(39)40)16-24(2)20-34(11,12)22-32(6,7)8;1-11(7-12-8-13(17)19-14(12)18)9-16(5,6)10-15(2,3)4;3-1-2-4;;;;;;/h25-26H,1-2,13-22H2,3-12H3,(H,35,41)(H,36,42)(H,37,38)(H,39,40);12H,1,7-10H2,2-6H3;1-4H2;6*1H4. The number of nitrogens with two attached hydrogens (primary N) is 2. The Kier molecular flexibility index (Phi) is 43.7. The van der Waals surface area contributed by atoms with Gasteiger partial charge in [0.15, 0.2) is 0 Å². The fourth-order valence-corrected chi connectivity index (χ4v) is 10.1. The first-order valence-electron chi connectivity index (χ1n) is 23.3. The number of cyclic esters (lactones) is 2. The van der Waals surface area contributed by atoms with E-state index in [1.54, 1.807) is 0 Å². The molecule has 13 nitrogen and oxygen atoms in total. The second kappa shape index (κ2) is 37.0. The molecular weight excluding hydrogens is 897 g/mol. The molecule has 0 radical (unpaired) electrons. The Bertz CT molecular complexity index is 1530. The largest absolute Gasteiger partial charge is 0.481 e. The van der Waals surface area contributed by atoms with Crippen LogP contribution in [-0.4, -0.2) is 72.1 Å². The summed E-state index contributed by atoms with van der Waals surface area (Å²) < 4.78 is 4.57. The van der Waals surface area contributed by atoms with Crippen LogP contribution >= 0.6 is 0 Å². The van der Waals surface area contributed by atoms with Crippen molar-refractivity contribution in [2.45, 2.75) is 225 Å². The van der Waals surface area contributed by atoms with E-state index in [0.29, 0.717) is 32.4 Å². The summed E-state index contributed by atoms with van der Waals surface area (Å²) in [4.78, 5) is 71.2. The summed E-state index contributed by atoms with van der Waals surface area (Å²) in [6, 6.07) is 0. The van der Waals surface area contributed by atoms with Crippen LogP contribution in [0, 0.1) is 50.2 Å². The summed E-state index contributed by atoms with van der Waals surface area (Å²) in [5, 5.41) is 24.2. The summed E-state index contributed by atoms with van der Waals surface area (Å²) in [7, 11) is 0. The van der Waals surface area contributed by atoms with Gasteiger partial charge in [0.2, 0.25) is 11.8 Å². The number of ether oxygens (including phenoxy) is 1. The van der Waals surface area contributed by atoms with Gasteiger partial charge in [-0.2, -0.15) is 0 Å². The van der Waals surface area contributed by atoms with E-state index in [1.165, 1.54) is 0 Å². The number of hydrogen-bond acceptors (Lipinski definition) is 9. The number of nitrogens with one attached hydrogen (secondary N) is 2. The Morgan fingerprint density at radius 2 is 0.831 bits per heavy atom. The summed E-state index contributed by atoms with van der Waals surface area (Å²) in [6.07, 6.45) is 5.94. The number of carboxylic acids is 2. The Morgan fingerprint density at radius 1 is 0.549 bits per heavy atom. The Hall–Kier alpha value is -3.84. The van der Waals surface area contributed by atoms with E-state index >= 15 is 0 Å². The molecule has 0 aromatic carbocycles. The zero-order chi connectivity index (χ0) is 51.4. The molecule has 8 N–H and O–H groups in total. The number of esters is 2. The van der Waals surface area contributed by atoms with Crippen LogP contribution < -0.4 is 22.1 Å². The Morgan fingerprint density at radius 3 is 1.06 bits per heavy atom. The molecule has 1 rings (SSSR count). The summed E-state index contributed by atoms with van der Waals surface area (Å²) in [6.45, 7) is 46.5. The smallest absolute Gasteiger partial charge is 0.317 e. The topological polar surface area (TPSA) is 228 Å². The molecule has 0 aliphatic carbocycles. The van der Waals surface area contributed by atoms with E-state index in [1.807, 2.05) is 0 Å². The van der Waals surface area contributed by atoms with Gasteiger partial charge < -0.3 is 37.1 Å². The Labute approximate surface area is 438 Å². The van der Waals surface area contributed by atoms with Crippen LogP contribution in [0.25, 0.3) is 0 Å². The van der Waals surface area contributed by atoms with Crippen LogP contribution in [0.2, 0.25) is 0 Å². The molecule has 0 spiro atoms. The van der Waals surface area contributed by atoms with Crippen LogP contribution in [0.1, 0.15) is 225 Å². The zero-order valence-electron chi connectivity index (χ0n) is 43.6. The van der Waals surface area contributed by atoms with E-state index in [4.69, 9.17) is 11.5 Å². The first kappa shape index (κ1) is 84.0. The summed E-state index contributed by atoms with van der Waals surface area (Å²) >= 11 is 0. The number of hydrogen-bond donors (Lipinski definition) is 6. The van der Waals surface area contributed by atoms with Crippen molar-refractivity contribution in [3.63, 3.8) is 0 Å². The van der Waals surface area contributed by atoms with Crippen LogP contribution in [0.3, 0.4) is 0 Å². The van der Waals surface area contributed by atoms with Gasteiger partial charge in [-0.3, -0.25) is 28.8 Å². The highest BCUT2D eigenvalue weighted by Crippen LogP contribution is 2.41. The lowest BCUT2D eigenvalue weighted by Gasteiger charge is -2.33. The second-order valence-corrected chi connectivity index (χ2v) is 24.5. The molecule has 13 heteroatoms. The zero-order valence-corrected chi connectivity index (χ0v) is 43.6. The minimum Gasteiger partial charge on any atom is -0.481 e. The normalized spacial score (nSPS) is 14.2. The summed E-state index contributed by atoms with van der Waals surface area (Å²) in [5.74, 6) is -5.58. The third kappa shape index (κ3) is 45.7. The highest BCUT2D eigenvalue weighted by atomic mass is 16.6. The Balaban J connectivity index is -0.000000192. The number of carboxylic acid groups (broad SMARTS) is 2. The van der Waals surface area contributed by atoms with Crippen LogP contribution in [0.4, 0.5) is 0 Å². The van der Waals surface area contributed by atoms with Gasteiger partial charge in [-0.1, -0.05) is 185 Å². The average molecular weight is 1020 g/mol. The van der Waals surface area contributed by atoms with Gasteiger partial charge in [-0.15, -0.1) is 0 Å². The van der Waals surface area contributed by atoms with Crippen molar-refractivity contribution in [2.75, 3.05) is 26.2 Å². The highest BCUT2D eigenvalue weighted by Gasteiger charge is 2.35. The third-order valence-corrected chi connectivity index (χ3v) is 10.3. The third-order valence-electron chi connectivity index (χ3n) is 10.3. The SMILES string of the molecule is C.C.C.C.C.C.C=C(CC(CC(=O)O)C(=O)NCCNC(=O)C(CC(=C)CC(C)(C)CC(C)(C)C)CC(=O)O)CC(C)(C)CC(C)(C)C.C=C(CC1CC(=O)OC1=O)CC(C)(C)CC(C)(C)C.NCCN. The molecular formula is C58H118N4O9. The molecule has 0 bridgehead atoms. The van der Waals surface area contributed by atoms with Gasteiger partial charge >= 0.3 is 23.9 Å². The van der Waals surface area contributed by atoms with Crippen molar-refractivity contribution < 1.29 is 43.7 Å². The molecule has 1 saturated heterocycles. The maximum atomic E-state index is 12.9. The van der Waals surface area contributed by atoms with Crippen molar-refractivity contribution in [1.82, 2.24) is 10.6 Å². The average Bonchev–Trinajstić information content (AvgIpc) is 3.36. The molecule has 71 heavy (non-hydrogen) atoms. The van der Waals surface area contributed by atoms with Gasteiger partial charge in [-0.05, 0) is 90.3 Å². The maximum absolute atomic E-state index is 12.9. The monoisotopic (exact) mass is 1010 g/mol. The molecule has 424 valence electrons. The van der Waals surface area contributed by atoms with Gasteiger partial charge in [-0.25, -0.2) is 0 Å². The predicted octanol–water partition coefficient (Wildman–Crippen LogP) is 13.6. The van der Waals surface area contributed by atoms with Gasteiger partial charge in [0, 0.05) is 26.2 Å². The van der Waals surface area contributed by atoms with Crippen molar-refractivity contribution in [3.05, 3.63) is 36.5 Å². The lowest BCUT2D eigenvalue weighted by atomic mass is 9.72. The lowest BCUT2D eigenvalue weighted by molar-refractivity contribution is -0.153. The molecule has 0 aromatic rings. The molecule has 2 amide bonds. The summed E-state index contributed by atoms with van der Waals surface area (Å²) in [5.41, 5.74) is 13.1. The number of allylic oxidation sites excluding steroid dienone is 3. The van der Waals surface area contributed by atoms with E-state index in [2.05, 4.69) is 139 Å². The molecule has 1 aliphatic heterocycles. The van der Waals surface area contributed by atoms with Crippen LogP contribution in [-0.2, 0) is 33.5 Å². The first-order valence-corrected chi connectivity index (χ1v) is 23.3. The quantitative estimate of drug-likeness (QED) is 0.0218. The van der Waals surface area contributed by atoms with Crippen molar-refractivity contribution in [3.8, 4) is 0 Å². The van der Waals surface area contributed by atoms with E-state index in [-0.39, 0.29) is 134 Å². The number of carbonyl (C=O) groups excluding carboxylic acids is 4. The lowest BCUT2D eigenvalue weighted by Crippen LogP contribution is -2.40. The van der Waals surface area contributed by atoms with Gasteiger partial charge in [0.1, 0.15) is 0 Å². The van der Waals surface area contributed by atoms with Gasteiger partial charge in [0.05, 0.1) is 37.0 Å². The maximum Gasteiger partial charge on any atom is 0.317 e. The number of carbonyl (C=O) groups is 6. The van der Waals surface area contributed by atoms with Crippen LogP contribution in [0.5, 0.6) is 0 Å². The molecule has 3 unspecified atom stereocenters. The van der Waals surface area contributed by atoms with E-state index < -0.39 is 41.6 Å². The van der Waals surface area contributed by atoms with Crippen LogP contribution in [0.15, 0.2) is 36.5 Å². The molecule has 0 saturated carbocycles. The number of aliphatic carboxylic acids is 2. The first-order chi connectivity index (χ1) is 29.2. The molecule has 3 atom stereocenters. The molecule has 1 heterocycles. The number of rotatable bonds is 25. The predicted molar refractivity (Wildman–Crippen MR) is 304 cm³/mol. The number of amides is 2. The molecule has 1 fully saturated rings. The minimum atomic E-state index is -1.06.